The van der Waals surface area contributed by atoms with Gasteiger partial charge in [0.05, 0.1) is 19.0 Å². The van der Waals surface area contributed by atoms with Crippen molar-refractivity contribution in [3.63, 3.8) is 0 Å². The molecular weight excluding hydrogens is 377 g/mol. The minimum atomic E-state index is -0.482. The van der Waals surface area contributed by atoms with E-state index in [1.807, 2.05) is 6.07 Å². The fourth-order valence-electron chi connectivity index (χ4n) is 3.17. The van der Waals surface area contributed by atoms with Crippen molar-refractivity contribution in [3.05, 3.63) is 88.5 Å². The predicted molar refractivity (Wildman–Crippen MR) is 102 cm³/mol. The van der Waals surface area contributed by atoms with E-state index in [1.54, 1.807) is 42.8 Å². The molecule has 5 aromatic rings. The molecule has 0 radical (unpaired) electrons. The average Bonchev–Trinajstić information content (AvgIpc) is 3.36. The molecule has 0 aliphatic carbocycles. The molecule has 0 amide bonds. The Bertz CT molecular complexity index is 1390. The molecule has 0 aliphatic heterocycles. The first kappa shape index (κ1) is 17.2. The van der Waals surface area contributed by atoms with Crippen molar-refractivity contribution in [1.82, 2.24) is 15.0 Å². The molecule has 7 nitrogen and oxygen atoms in total. The van der Waals surface area contributed by atoms with Gasteiger partial charge in [-0.15, -0.1) is 5.10 Å². The van der Waals surface area contributed by atoms with Crippen LogP contribution >= 0.6 is 0 Å². The third-order valence-electron chi connectivity index (χ3n) is 4.52. The summed E-state index contributed by atoms with van der Waals surface area (Å²) in [5, 5.41) is 9.62. The van der Waals surface area contributed by atoms with E-state index in [1.165, 1.54) is 16.8 Å². The summed E-state index contributed by atoms with van der Waals surface area (Å²) in [7, 11) is 0. The van der Waals surface area contributed by atoms with Gasteiger partial charge >= 0.3 is 5.63 Å². The molecule has 144 valence electrons. The topological polar surface area (TPSA) is 83.3 Å². The fourth-order valence-corrected chi connectivity index (χ4v) is 3.17. The summed E-state index contributed by atoms with van der Waals surface area (Å²) < 4.78 is 32.1. The van der Waals surface area contributed by atoms with Crippen molar-refractivity contribution in [3.8, 4) is 5.75 Å². The minimum Gasteiger partial charge on any atom is -0.480 e. The van der Waals surface area contributed by atoms with Crippen molar-refractivity contribution in [2.75, 3.05) is 0 Å². The highest BCUT2D eigenvalue weighted by molar-refractivity contribution is 5.99. The van der Waals surface area contributed by atoms with Crippen molar-refractivity contribution in [2.45, 2.75) is 13.2 Å². The average molecular weight is 391 g/mol. The second-order valence-corrected chi connectivity index (χ2v) is 6.50. The lowest BCUT2D eigenvalue weighted by atomic mass is 10.1. The predicted octanol–water partition coefficient (Wildman–Crippen LogP) is 3.90. The monoisotopic (exact) mass is 391 g/mol. The Hall–Kier alpha value is -3.94. The SMILES string of the molecule is O=c1ccc2cc3ccoc3c(OCc3cn(Cc4ccccc4F)nn3)c2o1. The fraction of sp³-hybridized carbons (Fsp3) is 0.0952. The second kappa shape index (κ2) is 6.90. The van der Waals surface area contributed by atoms with Gasteiger partial charge < -0.3 is 13.6 Å². The van der Waals surface area contributed by atoms with Gasteiger partial charge in [-0.2, -0.15) is 0 Å². The van der Waals surface area contributed by atoms with Gasteiger partial charge in [0.1, 0.15) is 18.1 Å². The first-order valence-electron chi connectivity index (χ1n) is 8.87. The molecular formula is C21H14FN3O4. The number of aromatic nitrogens is 3. The van der Waals surface area contributed by atoms with Crippen LogP contribution < -0.4 is 10.4 Å². The standard InChI is InChI=1S/C21H14FN3O4/c22-17-4-2-1-3-15(17)10-25-11-16(23-24-25)12-28-21-19-14(7-8-27-19)9-13-5-6-18(26)29-20(13)21/h1-9,11H,10,12H2. The molecule has 0 bridgehead atoms. The van der Waals surface area contributed by atoms with Crippen LogP contribution in [0.25, 0.3) is 21.9 Å². The second-order valence-electron chi connectivity index (χ2n) is 6.50. The van der Waals surface area contributed by atoms with Crippen LogP contribution in [0.15, 0.2) is 74.6 Å². The van der Waals surface area contributed by atoms with Gasteiger partial charge in [0.25, 0.3) is 0 Å². The number of furan rings is 1. The summed E-state index contributed by atoms with van der Waals surface area (Å²) >= 11 is 0. The molecule has 0 N–H and O–H groups in total. The number of halogens is 1. The zero-order valence-electron chi connectivity index (χ0n) is 15.0. The Morgan fingerprint density at radius 2 is 1.93 bits per heavy atom. The quantitative estimate of drug-likeness (QED) is 0.423. The van der Waals surface area contributed by atoms with E-state index in [0.717, 1.165) is 10.8 Å². The molecule has 0 saturated heterocycles. The van der Waals surface area contributed by atoms with Crippen LogP contribution in [0.1, 0.15) is 11.3 Å². The molecule has 3 aromatic heterocycles. The maximum atomic E-state index is 13.8. The van der Waals surface area contributed by atoms with E-state index in [9.17, 15) is 9.18 Å². The maximum Gasteiger partial charge on any atom is 0.336 e. The van der Waals surface area contributed by atoms with Gasteiger partial charge in [0.15, 0.2) is 11.2 Å². The Kier molecular flexibility index (Phi) is 4.09. The smallest absolute Gasteiger partial charge is 0.336 e. The molecule has 5 rings (SSSR count). The number of ether oxygens (including phenoxy) is 1. The molecule has 0 atom stereocenters. The largest absolute Gasteiger partial charge is 0.480 e. The van der Waals surface area contributed by atoms with E-state index in [0.29, 0.717) is 28.2 Å². The lowest BCUT2D eigenvalue weighted by Crippen LogP contribution is -2.02. The summed E-state index contributed by atoms with van der Waals surface area (Å²) in [6.45, 7) is 0.329. The van der Waals surface area contributed by atoms with E-state index in [-0.39, 0.29) is 19.0 Å². The van der Waals surface area contributed by atoms with Crippen LogP contribution in [0.5, 0.6) is 5.75 Å². The molecule has 8 heteroatoms. The molecule has 0 fully saturated rings. The van der Waals surface area contributed by atoms with Gasteiger partial charge in [0.2, 0.25) is 5.75 Å². The van der Waals surface area contributed by atoms with Crippen LogP contribution in [0.4, 0.5) is 4.39 Å². The zero-order chi connectivity index (χ0) is 19.8. The van der Waals surface area contributed by atoms with Crippen molar-refractivity contribution in [1.29, 1.82) is 0 Å². The highest BCUT2D eigenvalue weighted by atomic mass is 19.1. The number of nitrogens with zero attached hydrogens (tertiary/aromatic N) is 3. The molecule has 0 unspecified atom stereocenters. The van der Waals surface area contributed by atoms with Gasteiger partial charge in [0, 0.05) is 22.4 Å². The summed E-state index contributed by atoms with van der Waals surface area (Å²) in [5.41, 5.74) is 1.35. The Labute approximate surface area is 162 Å². The number of fused-ring (bicyclic) bond motifs is 2. The lowest BCUT2D eigenvalue weighted by Gasteiger charge is -2.07. The highest BCUT2D eigenvalue weighted by Gasteiger charge is 2.16. The van der Waals surface area contributed by atoms with Gasteiger partial charge in [-0.1, -0.05) is 23.4 Å². The summed E-state index contributed by atoms with van der Waals surface area (Å²) in [4.78, 5) is 11.7. The lowest BCUT2D eigenvalue weighted by molar-refractivity contribution is 0.298. The van der Waals surface area contributed by atoms with Crippen molar-refractivity contribution in [2.24, 2.45) is 0 Å². The first-order valence-corrected chi connectivity index (χ1v) is 8.87. The third kappa shape index (κ3) is 3.25. The third-order valence-corrected chi connectivity index (χ3v) is 4.52. The summed E-state index contributed by atoms with van der Waals surface area (Å²) in [6.07, 6.45) is 3.21. The van der Waals surface area contributed by atoms with Crippen molar-refractivity contribution >= 4 is 21.9 Å². The molecule has 0 aliphatic rings. The summed E-state index contributed by atoms with van der Waals surface area (Å²) in [5.74, 6) is 0.0237. The zero-order valence-corrected chi connectivity index (χ0v) is 15.0. The molecule has 0 saturated carbocycles. The Morgan fingerprint density at radius 1 is 1.07 bits per heavy atom. The normalized spacial score (nSPS) is 11.3. The van der Waals surface area contributed by atoms with Crippen LogP contribution in [0, 0.1) is 5.82 Å². The van der Waals surface area contributed by atoms with Gasteiger partial charge in [-0.05, 0) is 24.3 Å². The number of rotatable bonds is 5. The Balaban J connectivity index is 1.43. The highest BCUT2D eigenvalue weighted by Crippen LogP contribution is 2.35. The number of benzene rings is 2. The van der Waals surface area contributed by atoms with Crippen LogP contribution in [-0.2, 0) is 13.2 Å². The van der Waals surface area contributed by atoms with Gasteiger partial charge in [-0.3, -0.25) is 0 Å². The van der Waals surface area contributed by atoms with Crippen LogP contribution in [0.2, 0.25) is 0 Å². The van der Waals surface area contributed by atoms with E-state index in [2.05, 4.69) is 10.3 Å². The number of hydrogen-bond acceptors (Lipinski definition) is 6. The minimum absolute atomic E-state index is 0.0742. The van der Waals surface area contributed by atoms with E-state index >= 15 is 0 Å². The summed E-state index contributed by atoms with van der Waals surface area (Å²) in [6, 6.07) is 13.2. The molecule has 29 heavy (non-hydrogen) atoms. The molecule has 2 aromatic carbocycles. The number of hydrogen-bond donors (Lipinski definition) is 0. The van der Waals surface area contributed by atoms with Crippen LogP contribution in [0.3, 0.4) is 0 Å². The molecule has 3 heterocycles. The van der Waals surface area contributed by atoms with Crippen molar-refractivity contribution < 1.29 is 18.0 Å². The van der Waals surface area contributed by atoms with E-state index < -0.39 is 5.63 Å². The van der Waals surface area contributed by atoms with Gasteiger partial charge in [-0.25, -0.2) is 13.9 Å². The van der Waals surface area contributed by atoms with Crippen LogP contribution in [-0.4, -0.2) is 15.0 Å². The first-order chi connectivity index (χ1) is 14.2. The molecule has 0 spiro atoms. The maximum absolute atomic E-state index is 13.8. The Morgan fingerprint density at radius 3 is 2.83 bits per heavy atom. The van der Waals surface area contributed by atoms with E-state index in [4.69, 9.17) is 13.6 Å².